The second-order valence-electron chi connectivity index (χ2n) is 4.23. The Morgan fingerprint density at radius 2 is 1.76 bits per heavy atom. The van der Waals surface area contributed by atoms with Crippen molar-refractivity contribution < 1.29 is 17.2 Å². The van der Waals surface area contributed by atoms with E-state index >= 15 is 0 Å². The Kier molecular flexibility index (Phi) is 4.21. The van der Waals surface area contributed by atoms with Gasteiger partial charge in [0.15, 0.2) is 0 Å². The van der Waals surface area contributed by atoms with Crippen LogP contribution in [-0.4, -0.2) is 14.5 Å². The van der Waals surface area contributed by atoms with Crippen LogP contribution < -0.4 is 4.72 Å². The molecule has 17 heavy (non-hydrogen) atoms. The molecule has 3 nitrogen and oxygen atoms in total. The molecule has 0 aromatic heterocycles. The van der Waals surface area contributed by atoms with Crippen LogP contribution in [0.5, 0.6) is 0 Å². The summed E-state index contributed by atoms with van der Waals surface area (Å²) in [5, 5.41) is 0. The molecule has 0 aliphatic carbocycles. The van der Waals surface area contributed by atoms with E-state index in [1.165, 1.54) is 0 Å². The van der Waals surface area contributed by atoms with Crippen LogP contribution in [0.4, 0.5) is 8.78 Å². The molecule has 0 amide bonds. The zero-order valence-electron chi connectivity index (χ0n) is 9.87. The molecule has 1 aromatic rings. The highest BCUT2D eigenvalue weighted by Gasteiger charge is 2.22. The molecule has 0 spiro atoms. The summed E-state index contributed by atoms with van der Waals surface area (Å²) in [6, 6.07) is 2.05. The lowest BCUT2D eigenvalue weighted by atomic mass is 10.1. The number of hydrogen-bond donors (Lipinski definition) is 1. The number of nitrogens with one attached hydrogen (secondary N) is 1. The van der Waals surface area contributed by atoms with Crippen LogP contribution in [0.1, 0.15) is 20.8 Å². The second kappa shape index (κ2) is 5.10. The SMILES string of the molecule is CC(C)C(C)NS(=O)(=O)c1ccc(F)cc1F. The van der Waals surface area contributed by atoms with Gasteiger partial charge in [0.1, 0.15) is 16.5 Å². The van der Waals surface area contributed by atoms with Gasteiger partial charge in [-0.15, -0.1) is 0 Å². The summed E-state index contributed by atoms with van der Waals surface area (Å²) >= 11 is 0. The van der Waals surface area contributed by atoms with Gasteiger partial charge in [0, 0.05) is 12.1 Å². The van der Waals surface area contributed by atoms with Crippen LogP contribution in [0.2, 0.25) is 0 Å². The highest BCUT2D eigenvalue weighted by atomic mass is 32.2. The molecule has 0 saturated heterocycles. The lowest BCUT2D eigenvalue weighted by Gasteiger charge is -2.17. The predicted octanol–water partition coefficient (Wildman–Crippen LogP) is 2.29. The van der Waals surface area contributed by atoms with Crippen molar-refractivity contribution >= 4 is 10.0 Å². The zero-order chi connectivity index (χ0) is 13.2. The number of halogens is 2. The Morgan fingerprint density at radius 3 is 2.24 bits per heavy atom. The van der Waals surface area contributed by atoms with Crippen molar-refractivity contribution in [3.8, 4) is 0 Å². The van der Waals surface area contributed by atoms with Crippen molar-refractivity contribution in [1.82, 2.24) is 4.72 Å². The van der Waals surface area contributed by atoms with Crippen molar-refractivity contribution in [1.29, 1.82) is 0 Å². The predicted molar refractivity (Wildman–Crippen MR) is 61.0 cm³/mol. The fourth-order valence-corrected chi connectivity index (χ4v) is 2.59. The van der Waals surface area contributed by atoms with E-state index in [0.717, 1.165) is 12.1 Å². The third-order valence-corrected chi connectivity index (χ3v) is 4.12. The van der Waals surface area contributed by atoms with Crippen LogP contribution in [0.3, 0.4) is 0 Å². The van der Waals surface area contributed by atoms with E-state index in [4.69, 9.17) is 0 Å². The fraction of sp³-hybridized carbons (Fsp3) is 0.455. The van der Waals surface area contributed by atoms with Gasteiger partial charge in [-0.2, -0.15) is 0 Å². The minimum Gasteiger partial charge on any atom is -0.208 e. The van der Waals surface area contributed by atoms with E-state index in [2.05, 4.69) is 4.72 Å². The van der Waals surface area contributed by atoms with Crippen molar-refractivity contribution in [2.24, 2.45) is 5.92 Å². The van der Waals surface area contributed by atoms with Gasteiger partial charge < -0.3 is 0 Å². The van der Waals surface area contributed by atoms with Crippen molar-refractivity contribution in [2.45, 2.75) is 31.7 Å². The molecule has 1 atom stereocenters. The van der Waals surface area contributed by atoms with Gasteiger partial charge in [0.05, 0.1) is 0 Å². The van der Waals surface area contributed by atoms with Gasteiger partial charge in [0.2, 0.25) is 10.0 Å². The van der Waals surface area contributed by atoms with Crippen LogP contribution >= 0.6 is 0 Å². The average molecular weight is 263 g/mol. The Hall–Kier alpha value is -1.01. The molecule has 0 radical (unpaired) electrons. The summed E-state index contributed by atoms with van der Waals surface area (Å²) in [6.07, 6.45) is 0. The molecule has 0 saturated carbocycles. The third-order valence-electron chi connectivity index (χ3n) is 2.52. The molecule has 1 aromatic carbocycles. The maximum atomic E-state index is 13.3. The van der Waals surface area contributed by atoms with Crippen molar-refractivity contribution in [3.05, 3.63) is 29.8 Å². The fourth-order valence-electron chi connectivity index (χ4n) is 1.14. The summed E-state index contributed by atoms with van der Waals surface area (Å²) in [5.74, 6) is -1.82. The van der Waals surface area contributed by atoms with Gasteiger partial charge in [-0.3, -0.25) is 0 Å². The van der Waals surface area contributed by atoms with Crippen molar-refractivity contribution in [2.75, 3.05) is 0 Å². The van der Waals surface area contributed by atoms with E-state index in [9.17, 15) is 17.2 Å². The number of sulfonamides is 1. The first-order chi connectivity index (χ1) is 7.74. The normalized spacial score (nSPS) is 14.0. The van der Waals surface area contributed by atoms with Gasteiger partial charge in [-0.05, 0) is 25.0 Å². The molecule has 1 rings (SSSR count). The van der Waals surface area contributed by atoms with E-state index in [0.29, 0.717) is 6.07 Å². The molecule has 96 valence electrons. The van der Waals surface area contributed by atoms with Gasteiger partial charge in [-0.25, -0.2) is 21.9 Å². The summed E-state index contributed by atoms with van der Waals surface area (Å²) in [4.78, 5) is -0.536. The highest BCUT2D eigenvalue weighted by Crippen LogP contribution is 2.16. The maximum Gasteiger partial charge on any atom is 0.243 e. The molecule has 1 N–H and O–H groups in total. The Morgan fingerprint density at radius 1 is 1.18 bits per heavy atom. The zero-order valence-corrected chi connectivity index (χ0v) is 10.7. The van der Waals surface area contributed by atoms with E-state index < -0.39 is 26.6 Å². The lowest BCUT2D eigenvalue weighted by molar-refractivity contribution is 0.472. The first kappa shape index (κ1) is 14.1. The number of hydrogen-bond acceptors (Lipinski definition) is 2. The van der Waals surface area contributed by atoms with E-state index in [-0.39, 0.29) is 12.0 Å². The summed E-state index contributed by atoms with van der Waals surface area (Å²) in [6.45, 7) is 5.37. The topological polar surface area (TPSA) is 46.2 Å². The Labute approximate surface area is 99.9 Å². The monoisotopic (exact) mass is 263 g/mol. The van der Waals surface area contributed by atoms with Gasteiger partial charge in [-0.1, -0.05) is 13.8 Å². The summed E-state index contributed by atoms with van der Waals surface area (Å²) in [7, 11) is -3.94. The largest absolute Gasteiger partial charge is 0.243 e. The molecule has 0 bridgehead atoms. The van der Waals surface area contributed by atoms with E-state index in [1.54, 1.807) is 6.92 Å². The standard InChI is InChI=1S/C11H15F2NO2S/c1-7(2)8(3)14-17(15,16)11-5-4-9(12)6-10(11)13/h4-8,14H,1-3H3. The molecule has 6 heteroatoms. The molecule has 0 aliphatic heterocycles. The maximum absolute atomic E-state index is 13.3. The first-order valence-electron chi connectivity index (χ1n) is 5.21. The quantitative estimate of drug-likeness (QED) is 0.906. The first-order valence-corrected chi connectivity index (χ1v) is 6.69. The summed E-state index contributed by atoms with van der Waals surface area (Å²) in [5.41, 5.74) is 0. The average Bonchev–Trinajstić information content (AvgIpc) is 2.15. The molecule has 1 unspecified atom stereocenters. The van der Waals surface area contributed by atoms with Crippen LogP contribution in [0.15, 0.2) is 23.1 Å². The summed E-state index contributed by atoms with van der Waals surface area (Å²) < 4.78 is 52.0. The third kappa shape index (κ3) is 3.47. The minimum atomic E-state index is -3.94. The number of rotatable bonds is 4. The van der Waals surface area contributed by atoms with Crippen LogP contribution in [0, 0.1) is 17.6 Å². The lowest BCUT2D eigenvalue weighted by Crippen LogP contribution is -2.36. The van der Waals surface area contributed by atoms with Gasteiger partial charge >= 0.3 is 0 Å². The smallest absolute Gasteiger partial charge is 0.208 e. The molecular formula is C11H15F2NO2S. The van der Waals surface area contributed by atoms with Crippen LogP contribution in [0.25, 0.3) is 0 Å². The second-order valence-corrected chi connectivity index (χ2v) is 5.91. The van der Waals surface area contributed by atoms with Crippen LogP contribution in [-0.2, 0) is 10.0 Å². The van der Waals surface area contributed by atoms with Gasteiger partial charge in [0.25, 0.3) is 0 Å². The van der Waals surface area contributed by atoms with E-state index in [1.807, 2.05) is 13.8 Å². The minimum absolute atomic E-state index is 0.0771. The molecule has 0 heterocycles. The molecular weight excluding hydrogens is 248 g/mol. The molecule has 0 aliphatic rings. The molecule has 0 fully saturated rings. The Bertz CT molecular complexity index is 500. The number of benzene rings is 1. The highest BCUT2D eigenvalue weighted by molar-refractivity contribution is 7.89. The Balaban J connectivity index is 3.06. The van der Waals surface area contributed by atoms with Crippen molar-refractivity contribution in [3.63, 3.8) is 0 Å².